The Hall–Kier alpha value is -4.08. The molecular weight excluding hydrogens is 570 g/mol. The lowest BCUT2D eigenvalue weighted by atomic mass is 9.94. The van der Waals surface area contributed by atoms with Crippen LogP contribution in [0.15, 0.2) is 121 Å². The van der Waals surface area contributed by atoms with Gasteiger partial charge in [-0.2, -0.15) is 25.3 Å². The molecule has 39 heavy (non-hydrogen) atoms. The van der Waals surface area contributed by atoms with Crippen molar-refractivity contribution in [1.29, 1.82) is 0 Å². The van der Waals surface area contributed by atoms with Crippen LogP contribution in [0.2, 0.25) is 0 Å². The highest BCUT2D eigenvalue weighted by molar-refractivity contribution is 7.87. The number of rotatable bonds is 9. The third kappa shape index (κ3) is 7.07. The van der Waals surface area contributed by atoms with Gasteiger partial charge in [0, 0.05) is 0 Å². The smallest absolute Gasteiger partial charge is 0.264 e. The summed E-state index contributed by atoms with van der Waals surface area (Å²) in [5.74, 6) is 0. The van der Waals surface area contributed by atoms with Crippen molar-refractivity contribution in [3.05, 3.63) is 91.0 Å². The van der Waals surface area contributed by atoms with Gasteiger partial charge in [0.2, 0.25) is 0 Å². The van der Waals surface area contributed by atoms with E-state index in [0.717, 1.165) is 0 Å². The molecule has 0 unspecified atom stereocenters. The first kappa shape index (κ1) is 27.9. The van der Waals surface area contributed by atoms with Crippen LogP contribution in [0, 0.1) is 0 Å². The highest BCUT2D eigenvalue weighted by Crippen LogP contribution is 2.20. The second-order valence-corrected chi connectivity index (χ2v) is 12.5. The van der Waals surface area contributed by atoms with Crippen molar-refractivity contribution in [3.63, 3.8) is 0 Å². The molecule has 0 aliphatic heterocycles. The third-order valence-corrected chi connectivity index (χ3v) is 8.55. The van der Waals surface area contributed by atoms with E-state index in [0.29, 0.717) is 6.42 Å². The minimum atomic E-state index is -4.39. The Kier molecular flexibility index (Phi) is 8.42. The Labute approximate surface area is 225 Å². The molecule has 0 spiro atoms. The maximum atomic E-state index is 12.6. The summed E-state index contributed by atoms with van der Waals surface area (Å²) in [6.45, 7) is 0. The zero-order chi connectivity index (χ0) is 27.9. The summed E-state index contributed by atoms with van der Waals surface area (Å²) in [6.07, 6.45) is 0.482. The molecule has 1 saturated carbocycles. The van der Waals surface area contributed by atoms with E-state index in [4.69, 9.17) is 12.9 Å². The van der Waals surface area contributed by atoms with Crippen molar-refractivity contribution in [2.45, 2.75) is 33.9 Å². The molecule has 0 amide bonds. The van der Waals surface area contributed by atoms with Gasteiger partial charge in [0.05, 0.1) is 0 Å². The van der Waals surface area contributed by atoms with Crippen molar-refractivity contribution in [3.8, 4) is 0 Å². The van der Waals surface area contributed by atoms with Gasteiger partial charge in [0.15, 0.2) is 5.71 Å². The molecule has 1 fully saturated rings. The summed E-state index contributed by atoms with van der Waals surface area (Å²) in [7, 11) is -13.0. The lowest BCUT2D eigenvalue weighted by Crippen LogP contribution is -2.31. The summed E-state index contributed by atoms with van der Waals surface area (Å²) in [4.78, 5) is -0.539. The van der Waals surface area contributed by atoms with Crippen molar-refractivity contribution in [1.82, 2.24) is 0 Å². The van der Waals surface area contributed by atoms with Crippen molar-refractivity contribution in [2.75, 3.05) is 0 Å². The van der Waals surface area contributed by atoms with Gasteiger partial charge in [-0.15, -0.1) is 0 Å². The maximum Gasteiger partial charge on any atom is 0.358 e. The molecule has 4 rings (SSSR count). The molecule has 0 aromatic heterocycles. The number of oxime groups is 3. The molecule has 12 nitrogen and oxygen atoms in total. The van der Waals surface area contributed by atoms with Crippen LogP contribution in [0.5, 0.6) is 0 Å². The van der Waals surface area contributed by atoms with Gasteiger partial charge >= 0.3 is 30.4 Å². The zero-order valence-electron chi connectivity index (χ0n) is 20.0. The predicted molar refractivity (Wildman–Crippen MR) is 140 cm³/mol. The van der Waals surface area contributed by atoms with E-state index in [1.165, 1.54) is 72.8 Å². The monoisotopic (exact) mass is 591 g/mol. The van der Waals surface area contributed by atoms with Crippen molar-refractivity contribution >= 4 is 47.5 Å². The Bertz CT molecular complexity index is 1630. The summed E-state index contributed by atoms with van der Waals surface area (Å²) in [5.41, 5.74) is -0.653. The van der Waals surface area contributed by atoms with Crippen LogP contribution in [-0.4, -0.2) is 42.4 Å². The highest BCUT2D eigenvalue weighted by Gasteiger charge is 2.28. The summed E-state index contributed by atoms with van der Waals surface area (Å²) in [5, 5.41) is 11.0. The van der Waals surface area contributed by atoms with Crippen LogP contribution in [0.3, 0.4) is 0 Å². The Balaban J connectivity index is 1.69. The molecule has 0 N–H and O–H groups in total. The van der Waals surface area contributed by atoms with E-state index in [1.54, 1.807) is 18.2 Å². The Morgan fingerprint density at radius 2 is 0.769 bits per heavy atom. The topological polar surface area (TPSA) is 167 Å². The summed E-state index contributed by atoms with van der Waals surface area (Å²) >= 11 is 0. The maximum absolute atomic E-state index is 12.6. The van der Waals surface area contributed by atoms with Crippen LogP contribution < -0.4 is 0 Å². The molecule has 0 atom stereocenters. The molecule has 204 valence electrons. The molecule has 0 heterocycles. The lowest BCUT2D eigenvalue weighted by molar-refractivity contribution is 0.330. The molecule has 1 aliphatic rings. The molecule has 1 aliphatic carbocycles. The molecule has 0 radical (unpaired) electrons. The zero-order valence-corrected chi connectivity index (χ0v) is 22.5. The number of hydrogen-bond acceptors (Lipinski definition) is 12. The van der Waals surface area contributed by atoms with Gasteiger partial charge in [-0.1, -0.05) is 70.1 Å². The van der Waals surface area contributed by atoms with Crippen molar-refractivity contribution < 1.29 is 38.1 Å². The first-order chi connectivity index (χ1) is 18.6. The van der Waals surface area contributed by atoms with Crippen molar-refractivity contribution in [2.24, 2.45) is 15.5 Å². The first-order valence-electron chi connectivity index (χ1n) is 11.3. The van der Waals surface area contributed by atoms with E-state index in [2.05, 4.69) is 15.5 Å². The second-order valence-electron chi connectivity index (χ2n) is 7.89. The van der Waals surface area contributed by atoms with Crippen LogP contribution in [-0.2, 0) is 43.2 Å². The van der Waals surface area contributed by atoms with E-state index in [9.17, 15) is 25.3 Å². The predicted octanol–water partition coefficient (Wildman–Crippen LogP) is 3.45. The van der Waals surface area contributed by atoms with Gasteiger partial charge in [-0.25, -0.2) is 0 Å². The third-order valence-electron chi connectivity index (χ3n) is 5.19. The quantitative estimate of drug-likeness (QED) is 0.339. The molecule has 0 saturated heterocycles. The molecular formula is C24H21N3O9S3. The van der Waals surface area contributed by atoms with Crippen LogP contribution in [0.1, 0.15) is 19.3 Å². The molecule has 15 heteroatoms. The van der Waals surface area contributed by atoms with Crippen LogP contribution in [0.4, 0.5) is 0 Å². The highest BCUT2D eigenvalue weighted by atomic mass is 32.2. The van der Waals surface area contributed by atoms with E-state index in [1.807, 2.05) is 0 Å². The standard InChI is InChI=1S/C24H21N3O9S3/c28-37(29,19-11-4-1-5-12-19)34-25-22-17-10-18-23(26-35-38(30,31)20-13-6-2-7-14-20)24(22)27-36-39(32,33)21-15-8-3-9-16-21/h1-9,11-16H,10,17-18H2. The Morgan fingerprint density at radius 3 is 1.10 bits per heavy atom. The summed E-state index contributed by atoms with van der Waals surface area (Å²) in [6, 6.07) is 21.6. The van der Waals surface area contributed by atoms with Gasteiger partial charge < -0.3 is 0 Å². The fourth-order valence-corrected chi connectivity index (χ4v) is 5.55. The van der Waals surface area contributed by atoms with E-state index < -0.39 is 30.4 Å². The number of benzene rings is 3. The van der Waals surface area contributed by atoms with Crippen LogP contribution in [0.25, 0.3) is 0 Å². The largest absolute Gasteiger partial charge is 0.358 e. The second kappa shape index (κ2) is 11.8. The van der Waals surface area contributed by atoms with E-state index in [-0.39, 0.29) is 44.7 Å². The molecule has 3 aromatic rings. The van der Waals surface area contributed by atoms with Crippen LogP contribution >= 0.6 is 0 Å². The number of nitrogens with zero attached hydrogens (tertiary/aromatic N) is 3. The van der Waals surface area contributed by atoms with Gasteiger partial charge in [-0.3, -0.25) is 12.9 Å². The minimum Gasteiger partial charge on any atom is -0.264 e. The molecule has 0 bridgehead atoms. The first-order valence-corrected chi connectivity index (χ1v) is 15.5. The minimum absolute atomic E-state index is 0.0857. The van der Waals surface area contributed by atoms with Gasteiger partial charge in [0.1, 0.15) is 26.1 Å². The lowest BCUT2D eigenvalue weighted by Gasteiger charge is -2.16. The Morgan fingerprint density at radius 1 is 0.462 bits per heavy atom. The fourth-order valence-electron chi connectivity index (χ4n) is 3.27. The SMILES string of the molecule is O=S(=O)(ON=C1CCCC(=NOS(=O)(=O)c2ccccc2)C1=NOS(=O)(=O)c1ccccc1)c1ccccc1. The number of hydrogen-bond donors (Lipinski definition) is 0. The van der Waals surface area contributed by atoms with Gasteiger partial charge in [-0.05, 0) is 55.7 Å². The van der Waals surface area contributed by atoms with E-state index >= 15 is 0 Å². The fraction of sp³-hybridized carbons (Fsp3) is 0.125. The molecule has 3 aromatic carbocycles. The van der Waals surface area contributed by atoms with Gasteiger partial charge in [0.25, 0.3) is 0 Å². The normalized spacial score (nSPS) is 16.6. The average Bonchev–Trinajstić information content (AvgIpc) is 2.95. The average molecular weight is 592 g/mol. The summed E-state index contributed by atoms with van der Waals surface area (Å²) < 4.78 is 89.9.